The minimum Gasteiger partial charge on any atom is -0.492 e. The monoisotopic (exact) mass is 490 g/mol. The van der Waals surface area contributed by atoms with Crippen LogP contribution in [0.25, 0.3) is 0 Å². The maximum Gasteiger partial charge on any atom is 0.243 e. The Kier molecular flexibility index (Phi) is 8.07. The summed E-state index contributed by atoms with van der Waals surface area (Å²) in [5.41, 5.74) is 1.63. The van der Waals surface area contributed by atoms with Crippen molar-refractivity contribution in [3.63, 3.8) is 0 Å². The van der Waals surface area contributed by atoms with E-state index in [1.54, 1.807) is 38.1 Å². The van der Waals surface area contributed by atoms with Gasteiger partial charge in [0.05, 0.1) is 23.1 Å². The van der Waals surface area contributed by atoms with Crippen molar-refractivity contribution in [2.75, 3.05) is 18.5 Å². The first kappa shape index (κ1) is 24.7. The number of nitrogens with zero attached hydrogens (tertiary/aromatic N) is 1. The highest BCUT2D eigenvalue weighted by Gasteiger charge is 2.28. The lowest BCUT2D eigenvalue weighted by atomic mass is 10.2. The molecule has 0 saturated carbocycles. The van der Waals surface area contributed by atoms with Gasteiger partial charge in [0.1, 0.15) is 11.6 Å². The van der Waals surface area contributed by atoms with Crippen LogP contribution < -0.4 is 10.1 Å². The van der Waals surface area contributed by atoms with Crippen molar-refractivity contribution in [2.45, 2.75) is 25.3 Å². The third kappa shape index (κ3) is 6.31. The zero-order valence-electron chi connectivity index (χ0n) is 18.2. The van der Waals surface area contributed by atoms with Crippen molar-refractivity contribution in [3.8, 4) is 5.75 Å². The molecule has 0 aliphatic rings. The first-order valence-electron chi connectivity index (χ1n) is 10.2. The molecule has 1 amide bonds. The summed E-state index contributed by atoms with van der Waals surface area (Å²) in [5.74, 6) is -0.735. The molecule has 0 bridgehead atoms. The molecule has 3 aromatic carbocycles. The van der Waals surface area contributed by atoms with Crippen LogP contribution >= 0.6 is 11.6 Å². The molecule has 3 aromatic rings. The van der Waals surface area contributed by atoms with Crippen LogP contribution in [0.1, 0.15) is 18.1 Å². The molecule has 9 heteroatoms. The van der Waals surface area contributed by atoms with Crippen LogP contribution in [-0.4, -0.2) is 31.8 Å². The van der Waals surface area contributed by atoms with Crippen molar-refractivity contribution in [1.29, 1.82) is 0 Å². The quantitative estimate of drug-likeness (QED) is 0.457. The van der Waals surface area contributed by atoms with E-state index >= 15 is 0 Å². The number of benzene rings is 3. The van der Waals surface area contributed by atoms with Gasteiger partial charge in [0, 0.05) is 12.2 Å². The average molecular weight is 491 g/mol. The predicted molar refractivity (Wildman–Crippen MR) is 126 cm³/mol. The summed E-state index contributed by atoms with van der Waals surface area (Å²) < 4.78 is 46.9. The van der Waals surface area contributed by atoms with Gasteiger partial charge in [-0.1, -0.05) is 48.0 Å². The highest BCUT2D eigenvalue weighted by atomic mass is 35.5. The molecule has 0 saturated heterocycles. The minimum absolute atomic E-state index is 0.0381. The lowest BCUT2D eigenvalue weighted by molar-refractivity contribution is -0.116. The van der Waals surface area contributed by atoms with Crippen molar-refractivity contribution in [2.24, 2.45) is 0 Å². The summed E-state index contributed by atoms with van der Waals surface area (Å²) in [6.45, 7) is 3.38. The van der Waals surface area contributed by atoms with Gasteiger partial charge in [0.2, 0.25) is 15.9 Å². The van der Waals surface area contributed by atoms with Gasteiger partial charge in [-0.3, -0.25) is 4.79 Å². The number of carbonyl (C=O) groups is 1. The normalized spacial score (nSPS) is 11.4. The summed E-state index contributed by atoms with van der Waals surface area (Å²) >= 11 is 6.20. The summed E-state index contributed by atoms with van der Waals surface area (Å²) in [7, 11) is -4.10. The van der Waals surface area contributed by atoms with Gasteiger partial charge in [-0.25, -0.2) is 12.8 Å². The smallest absolute Gasteiger partial charge is 0.243 e. The van der Waals surface area contributed by atoms with E-state index in [0.29, 0.717) is 23.5 Å². The number of ether oxygens (including phenoxy) is 1. The number of nitrogens with one attached hydrogen (secondary N) is 1. The number of halogens is 2. The molecule has 0 aromatic heterocycles. The Hall–Kier alpha value is -2.94. The third-order valence-corrected chi connectivity index (χ3v) is 6.92. The number of hydrogen-bond donors (Lipinski definition) is 1. The second kappa shape index (κ2) is 10.8. The lowest BCUT2D eigenvalue weighted by Gasteiger charge is -2.22. The van der Waals surface area contributed by atoms with E-state index in [1.165, 1.54) is 36.4 Å². The van der Waals surface area contributed by atoms with Gasteiger partial charge in [0.25, 0.3) is 0 Å². The maximum absolute atomic E-state index is 13.6. The largest absolute Gasteiger partial charge is 0.492 e. The molecule has 0 atom stereocenters. The number of rotatable bonds is 9. The highest BCUT2D eigenvalue weighted by molar-refractivity contribution is 7.89. The Labute approximate surface area is 198 Å². The van der Waals surface area contributed by atoms with E-state index in [2.05, 4.69) is 5.32 Å². The second-order valence-corrected chi connectivity index (χ2v) is 9.64. The zero-order chi connectivity index (χ0) is 24.0. The Morgan fingerprint density at radius 2 is 1.82 bits per heavy atom. The molecule has 0 aliphatic carbocycles. The van der Waals surface area contributed by atoms with Gasteiger partial charge in [-0.05, 0) is 55.3 Å². The Bertz CT molecular complexity index is 1240. The fourth-order valence-electron chi connectivity index (χ4n) is 3.16. The van der Waals surface area contributed by atoms with Gasteiger partial charge < -0.3 is 10.1 Å². The number of anilines is 1. The minimum atomic E-state index is -4.10. The molecule has 174 valence electrons. The molecule has 0 spiro atoms. The Morgan fingerprint density at radius 1 is 1.09 bits per heavy atom. The number of carbonyl (C=O) groups excluding carboxylic acids is 1. The van der Waals surface area contributed by atoms with Gasteiger partial charge in [-0.15, -0.1) is 0 Å². The molecule has 0 unspecified atom stereocenters. The van der Waals surface area contributed by atoms with Crippen LogP contribution in [0.3, 0.4) is 0 Å². The van der Waals surface area contributed by atoms with Gasteiger partial charge >= 0.3 is 0 Å². The lowest BCUT2D eigenvalue weighted by Crippen LogP contribution is -2.37. The summed E-state index contributed by atoms with van der Waals surface area (Å²) in [6.07, 6.45) is 0. The van der Waals surface area contributed by atoms with E-state index in [4.69, 9.17) is 16.3 Å². The Balaban J connectivity index is 1.91. The van der Waals surface area contributed by atoms with Crippen LogP contribution in [0.5, 0.6) is 5.75 Å². The second-order valence-electron chi connectivity index (χ2n) is 7.29. The van der Waals surface area contributed by atoms with E-state index in [1.807, 2.05) is 6.07 Å². The number of sulfonamides is 1. The molecule has 0 aliphatic heterocycles. The molecule has 1 N–H and O–H groups in total. The van der Waals surface area contributed by atoms with Crippen LogP contribution in [0.15, 0.2) is 71.6 Å². The molecule has 0 radical (unpaired) electrons. The highest BCUT2D eigenvalue weighted by Crippen LogP contribution is 2.29. The Morgan fingerprint density at radius 3 is 2.48 bits per heavy atom. The fourth-order valence-corrected chi connectivity index (χ4v) is 4.87. The average Bonchev–Trinajstić information content (AvgIpc) is 2.78. The van der Waals surface area contributed by atoms with Crippen molar-refractivity contribution >= 4 is 33.2 Å². The molecule has 0 heterocycles. The van der Waals surface area contributed by atoms with E-state index in [0.717, 1.165) is 4.31 Å². The van der Waals surface area contributed by atoms with E-state index < -0.39 is 28.3 Å². The molecular weight excluding hydrogens is 467 g/mol. The first-order chi connectivity index (χ1) is 15.7. The molecule has 0 fully saturated rings. The molecule has 33 heavy (non-hydrogen) atoms. The van der Waals surface area contributed by atoms with Crippen LogP contribution in [0, 0.1) is 12.7 Å². The molecular formula is C24H24ClFN2O4S. The number of hydrogen-bond acceptors (Lipinski definition) is 4. The van der Waals surface area contributed by atoms with Crippen LogP contribution in [-0.2, 0) is 21.4 Å². The summed E-state index contributed by atoms with van der Waals surface area (Å²) in [5, 5.41) is 2.75. The summed E-state index contributed by atoms with van der Waals surface area (Å²) in [4.78, 5) is 12.7. The van der Waals surface area contributed by atoms with Crippen molar-refractivity contribution < 1.29 is 22.3 Å². The topological polar surface area (TPSA) is 75.7 Å². The van der Waals surface area contributed by atoms with E-state index in [9.17, 15) is 17.6 Å². The fraction of sp³-hybridized carbons (Fsp3) is 0.208. The predicted octanol–water partition coefficient (Wildman–Crippen LogP) is 5.02. The van der Waals surface area contributed by atoms with Crippen LogP contribution in [0.4, 0.5) is 10.1 Å². The van der Waals surface area contributed by atoms with Gasteiger partial charge in [0.15, 0.2) is 0 Å². The van der Waals surface area contributed by atoms with Crippen LogP contribution in [0.2, 0.25) is 5.02 Å². The third-order valence-electron chi connectivity index (χ3n) is 4.84. The maximum atomic E-state index is 13.6. The van der Waals surface area contributed by atoms with Crippen molar-refractivity contribution in [3.05, 3.63) is 88.7 Å². The van der Waals surface area contributed by atoms with E-state index in [-0.39, 0.29) is 22.2 Å². The molecule has 3 rings (SSSR count). The first-order valence-corrected chi connectivity index (χ1v) is 12.0. The standard InChI is InChI=1S/C24H24ClFN2O4S/c1-3-32-23-12-11-20(14-21(23)25)33(30,31)28(15-18-7-5-4-6-8-18)16-24(29)27-22-13-19(26)10-9-17(22)2/h4-14H,3,15-16H2,1-2H3,(H,27,29). The molecule has 6 nitrogen and oxygen atoms in total. The van der Waals surface area contributed by atoms with Gasteiger partial charge in [-0.2, -0.15) is 4.31 Å². The zero-order valence-corrected chi connectivity index (χ0v) is 19.8. The SMILES string of the molecule is CCOc1ccc(S(=O)(=O)N(CC(=O)Nc2cc(F)ccc2C)Cc2ccccc2)cc1Cl. The number of amides is 1. The summed E-state index contributed by atoms with van der Waals surface area (Å²) in [6, 6.07) is 17.1. The number of aryl methyl sites for hydroxylation is 1. The van der Waals surface area contributed by atoms with Crippen molar-refractivity contribution in [1.82, 2.24) is 4.31 Å².